The number of ether oxygens (including phenoxy) is 1. The first-order valence-electron chi connectivity index (χ1n) is 12.0. The number of likely N-dealkylation sites (tertiary alicyclic amines) is 1. The van der Waals surface area contributed by atoms with Crippen molar-refractivity contribution >= 4 is 29.0 Å². The van der Waals surface area contributed by atoms with Gasteiger partial charge in [-0.3, -0.25) is 9.59 Å². The molecule has 0 aliphatic carbocycles. The molecule has 1 atom stereocenters. The fourth-order valence-electron chi connectivity index (χ4n) is 4.31. The third kappa shape index (κ3) is 5.71. The van der Waals surface area contributed by atoms with Gasteiger partial charge in [-0.25, -0.2) is 4.98 Å². The van der Waals surface area contributed by atoms with E-state index in [-0.39, 0.29) is 23.5 Å². The molecule has 2 aliphatic heterocycles. The first-order valence-corrected chi connectivity index (χ1v) is 12.0. The molecule has 3 heterocycles. The summed E-state index contributed by atoms with van der Waals surface area (Å²) in [5, 5.41) is 3.18. The topological polar surface area (TPSA) is 117 Å². The molecular weight excluding hydrogens is 446 g/mol. The minimum atomic E-state index is -0.668. The smallest absolute Gasteiger partial charge is 0.271 e. The summed E-state index contributed by atoms with van der Waals surface area (Å²) in [6.45, 7) is 10.5. The van der Waals surface area contributed by atoms with Gasteiger partial charge in [0.1, 0.15) is 11.8 Å². The van der Waals surface area contributed by atoms with Crippen molar-refractivity contribution in [3.63, 3.8) is 0 Å². The van der Waals surface area contributed by atoms with Crippen LogP contribution in [0.3, 0.4) is 0 Å². The second-order valence-electron chi connectivity index (χ2n) is 8.87. The number of piperazine rings is 1. The van der Waals surface area contributed by atoms with Gasteiger partial charge in [-0.2, -0.15) is 4.98 Å². The van der Waals surface area contributed by atoms with Gasteiger partial charge in [0.05, 0.1) is 6.54 Å². The Labute approximate surface area is 205 Å². The number of nitrogens with one attached hydrogen (secondary N) is 1. The number of carbonyl (C=O) groups is 2. The number of nitrogens with two attached hydrogens (primary N) is 1. The lowest BCUT2D eigenvalue weighted by Crippen LogP contribution is -2.44. The first-order chi connectivity index (χ1) is 16.9. The maximum absolute atomic E-state index is 12.1. The molecule has 1 aromatic heterocycles. The van der Waals surface area contributed by atoms with E-state index in [1.807, 2.05) is 31.2 Å². The minimum Gasteiger partial charge on any atom is -0.471 e. The minimum absolute atomic E-state index is 0.0622. The van der Waals surface area contributed by atoms with Crippen molar-refractivity contribution in [2.24, 2.45) is 5.73 Å². The Morgan fingerprint density at radius 1 is 1.17 bits per heavy atom. The van der Waals surface area contributed by atoms with E-state index in [1.165, 1.54) is 6.08 Å². The van der Waals surface area contributed by atoms with E-state index in [0.717, 1.165) is 37.6 Å². The molecule has 4 rings (SSSR count). The Balaban J connectivity index is 1.53. The first kappa shape index (κ1) is 24.5. The molecule has 1 aromatic carbocycles. The molecule has 35 heavy (non-hydrogen) atoms. The molecule has 186 valence electrons. The molecule has 10 nitrogen and oxygen atoms in total. The molecular formula is C25H33N7O3. The van der Waals surface area contributed by atoms with Crippen molar-refractivity contribution in [3.8, 4) is 5.88 Å². The summed E-state index contributed by atoms with van der Waals surface area (Å²) in [7, 11) is 2.13. The number of aromatic nitrogens is 2. The van der Waals surface area contributed by atoms with Gasteiger partial charge in [-0.15, -0.1) is 0 Å². The fourth-order valence-corrected chi connectivity index (χ4v) is 4.31. The van der Waals surface area contributed by atoms with Crippen LogP contribution in [0.25, 0.3) is 0 Å². The van der Waals surface area contributed by atoms with Crippen molar-refractivity contribution in [1.82, 2.24) is 19.8 Å². The van der Waals surface area contributed by atoms with Gasteiger partial charge in [-0.05, 0) is 43.8 Å². The molecule has 0 spiro atoms. The Bertz CT molecular complexity index is 1080. The molecule has 0 radical (unpaired) electrons. The van der Waals surface area contributed by atoms with Crippen molar-refractivity contribution < 1.29 is 14.3 Å². The number of primary amides is 1. The Morgan fingerprint density at radius 2 is 1.89 bits per heavy atom. The van der Waals surface area contributed by atoms with Crippen LogP contribution in [-0.2, 0) is 11.2 Å². The van der Waals surface area contributed by atoms with Gasteiger partial charge < -0.3 is 30.5 Å². The van der Waals surface area contributed by atoms with Crippen LogP contribution in [0.2, 0.25) is 0 Å². The van der Waals surface area contributed by atoms with Gasteiger partial charge in [0.15, 0.2) is 11.5 Å². The van der Waals surface area contributed by atoms with Crippen molar-refractivity contribution in [2.45, 2.75) is 25.9 Å². The maximum Gasteiger partial charge on any atom is 0.271 e. The van der Waals surface area contributed by atoms with Crippen LogP contribution >= 0.6 is 0 Å². The highest BCUT2D eigenvalue weighted by Crippen LogP contribution is 2.27. The van der Waals surface area contributed by atoms with E-state index in [4.69, 9.17) is 10.5 Å². The fraction of sp³-hybridized carbons (Fsp3) is 0.440. The lowest BCUT2D eigenvalue weighted by atomic mass is 10.2. The molecule has 2 fully saturated rings. The van der Waals surface area contributed by atoms with Crippen LogP contribution in [0, 0.1) is 0 Å². The van der Waals surface area contributed by atoms with Gasteiger partial charge in [0, 0.05) is 50.5 Å². The number of nitrogens with zero attached hydrogens (tertiary/aromatic N) is 5. The number of amides is 2. The number of benzene rings is 1. The predicted molar refractivity (Wildman–Crippen MR) is 135 cm³/mol. The quantitative estimate of drug-likeness (QED) is 0.551. The number of hydrogen-bond acceptors (Lipinski definition) is 8. The molecule has 2 aliphatic rings. The van der Waals surface area contributed by atoms with E-state index in [0.29, 0.717) is 37.5 Å². The zero-order valence-corrected chi connectivity index (χ0v) is 20.4. The van der Waals surface area contributed by atoms with Crippen LogP contribution in [0.1, 0.15) is 29.5 Å². The Morgan fingerprint density at radius 3 is 2.51 bits per heavy atom. The summed E-state index contributed by atoms with van der Waals surface area (Å²) in [6, 6.07) is 7.99. The Hall–Kier alpha value is -3.66. The van der Waals surface area contributed by atoms with E-state index in [2.05, 4.69) is 38.7 Å². The normalized spacial score (nSPS) is 18.4. The average Bonchev–Trinajstić information content (AvgIpc) is 3.33. The number of likely N-dealkylation sites (N-methyl/N-ethyl adjacent to an activating group) is 1. The summed E-state index contributed by atoms with van der Waals surface area (Å²) in [6.07, 6.45) is 2.29. The van der Waals surface area contributed by atoms with Crippen LogP contribution in [0.4, 0.5) is 17.2 Å². The van der Waals surface area contributed by atoms with Crippen molar-refractivity contribution in [1.29, 1.82) is 0 Å². The van der Waals surface area contributed by atoms with Gasteiger partial charge >= 0.3 is 0 Å². The van der Waals surface area contributed by atoms with Gasteiger partial charge in [-0.1, -0.05) is 13.5 Å². The predicted octanol–water partition coefficient (Wildman–Crippen LogP) is 1.80. The van der Waals surface area contributed by atoms with E-state index in [1.54, 1.807) is 4.90 Å². The number of rotatable bonds is 8. The second kappa shape index (κ2) is 10.7. The molecule has 0 saturated carbocycles. The van der Waals surface area contributed by atoms with E-state index >= 15 is 0 Å². The standard InChI is InChI=1S/C25H33N7O3/c1-4-20-25(35-19-10-11-32(16-19)21(33)5-2)29-24(22(28-20)23(26)34)27-17-6-8-18(9-7-17)31-14-12-30(3)13-15-31/h5-9,19H,2,4,10-16H2,1,3H3,(H2,26,34)(H,27,29)/t19-/m1/s1. The molecule has 10 heteroatoms. The lowest BCUT2D eigenvalue weighted by Gasteiger charge is -2.34. The molecule has 0 bridgehead atoms. The van der Waals surface area contributed by atoms with Crippen LogP contribution < -0.4 is 20.7 Å². The molecule has 2 amide bonds. The number of anilines is 3. The zero-order valence-electron chi connectivity index (χ0n) is 20.4. The van der Waals surface area contributed by atoms with Gasteiger partial charge in [0.2, 0.25) is 11.8 Å². The summed E-state index contributed by atoms with van der Waals surface area (Å²) >= 11 is 0. The summed E-state index contributed by atoms with van der Waals surface area (Å²) < 4.78 is 6.14. The van der Waals surface area contributed by atoms with Gasteiger partial charge in [0.25, 0.3) is 5.91 Å². The van der Waals surface area contributed by atoms with Crippen molar-refractivity contribution in [2.75, 3.05) is 56.5 Å². The molecule has 3 N–H and O–H groups in total. The molecule has 2 aromatic rings. The van der Waals surface area contributed by atoms with Crippen LogP contribution in [0.5, 0.6) is 5.88 Å². The second-order valence-corrected chi connectivity index (χ2v) is 8.87. The highest BCUT2D eigenvalue weighted by Gasteiger charge is 2.28. The average molecular weight is 480 g/mol. The van der Waals surface area contributed by atoms with Crippen LogP contribution in [-0.4, -0.2) is 84.0 Å². The maximum atomic E-state index is 12.1. The zero-order chi connectivity index (χ0) is 24.9. The largest absolute Gasteiger partial charge is 0.471 e. The summed E-state index contributed by atoms with van der Waals surface area (Å²) in [5.74, 6) is -0.204. The van der Waals surface area contributed by atoms with Crippen molar-refractivity contribution in [3.05, 3.63) is 48.3 Å². The Kier molecular flexibility index (Phi) is 7.50. The van der Waals surface area contributed by atoms with E-state index in [9.17, 15) is 9.59 Å². The number of aryl methyl sites for hydroxylation is 1. The lowest BCUT2D eigenvalue weighted by molar-refractivity contribution is -0.125. The SMILES string of the molecule is C=CC(=O)N1CC[C@@H](Oc2nc(Nc3ccc(N4CCN(C)CC4)cc3)c(C(N)=O)nc2CC)C1. The monoisotopic (exact) mass is 479 g/mol. The number of carbonyl (C=O) groups excluding carboxylic acids is 2. The van der Waals surface area contributed by atoms with Crippen LogP contribution in [0.15, 0.2) is 36.9 Å². The van der Waals surface area contributed by atoms with E-state index < -0.39 is 5.91 Å². The molecule has 0 unspecified atom stereocenters. The summed E-state index contributed by atoms with van der Waals surface area (Å²) in [5.41, 5.74) is 8.14. The highest BCUT2D eigenvalue weighted by atomic mass is 16.5. The highest BCUT2D eigenvalue weighted by molar-refractivity contribution is 5.96. The number of hydrogen-bond donors (Lipinski definition) is 2. The third-order valence-electron chi connectivity index (χ3n) is 6.41. The summed E-state index contributed by atoms with van der Waals surface area (Å²) in [4.78, 5) is 39.5. The third-order valence-corrected chi connectivity index (χ3v) is 6.41. The molecule has 2 saturated heterocycles.